The van der Waals surface area contributed by atoms with Crippen molar-refractivity contribution in [2.45, 2.75) is 22.9 Å². The second-order valence-corrected chi connectivity index (χ2v) is 8.07. The highest BCUT2D eigenvalue weighted by Gasteiger charge is 2.30. The minimum absolute atomic E-state index is 0.0171. The molecule has 0 saturated heterocycles. The van der Waals surface area contributed by atoms with Crippen molar-refractivity contribution in [1.82, 2.24) is 0 Å². The summed E-state index contributed by atoms with van der Waals surface area (Å²) in [6, 6.07) is 16.2. The molecule has 3 aromatic rings. The minimum atomic E-state index is -4.50. The summed E-state index contributed by atoms with van der Waals surface area (Å²) in [5.74, 6) is -0.139. The highest BCUT2D eigenvalue weighted by molar-refractivity contribution is 7.99. The molecule has 0 radical (unpaired) electrons. The molecular weight excluding hydrogens is 439 g/mol. The van der Waals surface area contributed by atoms with Crippen molar-refractivity contribution in [3.63, 3.8) is 0 Å². The third-order valence-corrected chi connectivity index (χ3v) is 6.00. The van der Waals surface area contributed by atoms with Crippen molar-refractivity contribution in [3.05, 3.63) is 77.9 Å². The van der Waals surface area contributed by atoms with Gasteiger partial charge in [0.1, 0.15) is 0 Å². The maximum atomic E-state index is 13.0. The molecule has 2 N–H and O–H groups in total. The first-order valence-electron chi connectivity index (χ1n) is 9.74. The van der Waals surface area contributed by atoms with Crippen molar-refractivity contribution in [1.29, 1.82) is 0 Å². The number of halogens is 3. The molecule has 164 valence electrons. The Balaban J connectivity index is 1.56. The summed E-state index contributed by atoms with van der Waals surface area (Å²) < 4.78 is 38.7. The Morgan fingerprint density at radius 2 is 1.66 bits per heavy atom. The molecule has 0 bridgehead atoms. The van der Waals surface area contributed by atoms with E-state index in [9.17, 15) is 22.8 Å². The van der Waals surface area contributed by atoms with Crippen LogP contribution in [0, 0.1) is 0 Å². The van der Waals surface area contributed by atoms with Crippen LogP contribution >= 0.6 is 11.8 Å². The number of urea groups is 1. The number of alkyl halides is 3. The number of fused-ring (bicyclic) bond motifs is 2. The van der Waals surface area contributed by atoms with Gasteiger partial charge in [-0.15, -0.1) is 0 Å². The number of carbonyl (C=O) groups excluding carboxylic acids is 2. The van der Waals surface area contributed by atoms with Gasteiger partial charge in [-0.1, -0.05) is 30.0 Å². The molecule has 0 fully saturated rings. The summed E-state index contributed by atoms with van der Waals surface area (Å²) in [7, 11) is 0. The fourth-order valence-electron chi connectivity index (χ4n) is 3.38. The lowest BCUT2D eigenvalue weighted by Gasteiger charge is -2.22. The molecule has 9 heteroatoms. The van der Waals surface area contributed by atoms with E-state index in [1.165, 1.54) is 23.9 Å². The molecule has 5 nitrogen and oxygen atoms in total. The summed E-state index contributed by atoms with van der Waals surface area (Å²) >= 11 is 1.46. The van der Waals surface area contributed by atoms with Crippen molar-refractivity contribution >= 4 is 40.8 Å². The SMILES string of the molecule is CCN1C(=O)c2ccccc2Sc2ccc(NC(=O)Nc3cccc(C(F)(F)F)c3)cc21. The Bertz CT molecular complexity index is 1200. The molecule has 32 heavy (non-hydrogen) atoms. The molecule has 0 spiro atoms. The monoisotopic (exact) mass is 457 g/mol. The van der Waals surface area contributed by atoms with Gasteiger partial charge >= 0.3 is 12.2 Å². The van der Waals surface area contributed by atoms with E-state index in [0.717, 1.165) is 21.9 Å². The Hall–Kier alpha value is -3.46. The number of nitrogens with zero attached hydrogens (tertiary/aromatic N) is 1. The van der Waals surface area contributed by atoms with Crippen LogP contribution in [-0.2, 0) is 6.18 Å². The van der Waals surface area contributed by atoms with E-state index in [0.29, 0.717) is 23.5 Å². The normalized spacial score (nSPS) is 13.1. The van der Waals surface area contributed by atoms with E-state index in [4.69, 9.17) is 0 Å². The van der Waals surface area contributed by atoms with Gasteiger partial charge in [0, 0.05) is 27.7 Å². The van der Waals surface area contributed by atoms with Crippen LogP contribution in [0.4, 0.5) is 35.0 Å². The summed E-state index contributed by atoms with van der Waals surface area (Å²) in [5.41, 5.74) is 0.825. The van der Waals surface area contributed by atoms with Crippen LogP contribution in [0.2, 0.25) is 0 Å². The van der Waals surface area contributed by atoms with Crippen LogP contribution in [0.15, 0.2) is 76.5 Å². The Morgan fingerprint density at radius 3 is 2.38 bits per heavy atom. The van der Waals surface area contributed by atoms with Gasteiger partial charge in [0.25, 0.3) is 5.91 Å². The van der Waals surface area contributed by atoms with Gasteiger partial charge in [-0.2, -0.15) is 13.2 Å². The van der Waals surface area contributed by atoms with Crippen LogP contribution in [0.3, 0.4) is 0 Å². The average molecular weight is 457 g/mol. The smallest absolute Gasteiger partial charge is 0.308 e. The van der Waals surface area contributed by atoms with E-state index in [1.807, 2.05) is 25.1 Å². The largest absolute Gasteiger partial charge is 0.416 e. The van der Waals surface area contributed by atoms with E-state index < -0.39 is 17.8 Å². The molecule has 3 aromatic carbocycles. The summed E-state index contributed by atoms with van der Waals surface area (Å²) in [4.78, 5) is 28.8. The van der Waals surface area contributed by atoms with Gasteiger partial charge in [0.15, 0.2) is 0 Å². The molecular formula is C23H18F3N3O2S. The van der Waals surface area contributed by atoms with Crippen LogP contribution in [0.25, 0.3) is 0 Å². The number of amides is 3. The number of hydrogen-bond donors (Lipinski definition) is 2. The lowest BCUT2D eigenvalue weighted by Crippen LogP contribution is -2.30. The molecule has 4 rings (SSSR count). The van der Waals surface area contributed by atoms with E-state index in [-0.39, 0.29) is 11.6 Å². The maximum absolute atomic E-state index is 13.0. The van der Waals surface area contributed by atoms with Gasteiger partial charge < -0.3 is 15.5 Å². The minimum Gasteiger partial charge on any atom is -0.308 e. The van der Waals surface area contributed by atoms with Crippen molar-refractivity contribution in [2.24, 2.45) is 0 Å². The maximum Gasteiger partial charge on any atom is 0.416 e. The zero-order chi connectivity index (χ0) is 22.9. The lowest BCUT2D eigenvalue weighted by atomic mass is 10.1. The van der Waals surface area contributed by atoms with Crippen molar-refractivity contribution in [3.8, 4) is 0 Å². The second-order valence-electron chi connectivity index (χ2n) is 6.99. The first-order chi connectivity index (χ1) is 15.3. The number of rotatable bonds is 3. The van der Waals surface area contributed by atoms with Crippen LogP contribution in [0.5, 0.6) is 0 Å². The quantitative estimate of drug-likeness (QED) is 0.473. The Morgan fingerprint density at radius 1 is 0.938 bits per heavy atom. The predicted molar refractivity (Wildman–Crippen MR) is 118 cm³/mol. The van der Waals surface area contributed by atoms with Gasteiger partial charge in [0.2, 0.25) is 0 Å². The van der Waals surface area contributed by atoms with E-state index >= 15 is 0 Å². The molecule has 0 saturated carbocycles. The summed E-state index contributed by atoms with van der Waals surface area (Å²) in [6.45, 7) is 2.29. The number of hydrogen-bond acceptors (Lipinski definition) is 3. The van der Waals surface area contributed by atoms with Gasteiger partial charge in [0.05, 0.1) is 16.8 Å². The number of benzene rings is 3. The van der Waals surface area contributed by atoms with Crippen molar-refractivity contribution < 1.29 is 22.8 Å². The molecule has 1 aliphatic rings. The Kier molecular flexibility index (Phi) is 5.84. The molecule has 1 heterocycles. The fraction of sp³-hybridized carbons (Fsp3) is 0.130. The van der Waals surface area contributed by atoms with Gasteiger partial charge in [-0.05, 0) is 55.5 Å². The third kappa shape index (κ3) is 4.43. The third-order valence-electron chi connectivity index (χ3n) is 4.85. The fourth-order valence-corrected chi connectivity index (χ4v) is 4.44. The highest BCUT2D eigenvalue weighted by atomic mass is 32.2. The first kappa shape index (κ1) is 21.8. The number of nitrogens with one attached hydrogen (secondary N) is 2. The van der Waals surface area contributed by atoms with E-state index in [1.54, 1.807) is 29.2 Å². The number of carbonyl (C=O) groups is 2. The number of anilines is 3. The topological polar surface area (TPSA) is 61.4 Å². The first-order valence-corrected chi connectivity index (χ1v) is 10.6. The molecule has 3 amide bonds. The summed E-state index contributed by atoms with van der Waals surface area (Å²) in [5, 5.41) is 5.03. The van der Waals surface area contributed by atoms with Gasteiger partial charge in [-0.25, -0.2) is 4.79 Å². The zero-order valence-corrected chi connectivity index (χ0v) is 17.7. The highest BCUT2D eigenvalue weighted by Crippen LogP contribution is 2.42. The second kappa shape index (κ2) is 8.58. The van der Waals surface area contributed by atoms with Crippen LogP contribution < -0.4 is 15.5 Å². The average Bonchev–Trinajstić information content (AvgIpc) is 2.87. The van der Waals surface area contributed by atoms with Crippen LogP contribution in [-0.4, -0.2) is 18.5 Å². The summed E-state index contributed by atoms with van der Waals surface area (Å²) in [6.07, 6.45) is -4.50. The molecule has 1 aliphatic heterocycles. The molecule has 0 unspecified atom stereocenters. The van der Waals surface area contributed by atoms with Crippen LogP contribution in [0.1, 0.15) is 22.8 Å². The standard InChI is InChI=1S/C23H18F3N3O2S/c1-2-29-18-13-16(10-11-20(18)32-19-9-4-3-8-17(19)21(29)30)28-22(31)27-15-7-5-6-14(12-15)23(24,25)26/h3-13H,2H2,1H3,(H2,27,28,31). The lowest BCUT2D eigenvalue weighted by molar-refractivity contribution is -0.137. The Labute approximate surface area is 186 Å². The van der Waals surface area contributed by atoms with Crippen molar-refractivity contribution in [2.75, 3.05) is 22.1 Å². The molecule has 0 aliphatic carbocycles. The zero-order valence-electron chi connectivity index (χ0n) is 16.9. The van der Waals surface area contributed by atoms with E-state index in [2.05, 4.69) is 10.6 Å². The van der Waals surface area contributed by atoms with Gasteiger partial charge in [-0.3, -0.25) is 4.79 Å². The molecule has 0 atom stereocenters. The predicted octanol–water partition coefficient (Wildman–Crippen LogP) is 6.48. The molecule has 0 aromatic heterocycles.